The molecule has 8 heteroatoms. The number of amides is 1. The second-order valence-corrected chi connectivity index (χ2v) is 9.27. The Morgan fingerprint density at radius 1 is 1.03 bits per heavy atom. The molecule has 1 aliphatic heterocycles. The number of carbonyl (C=O) groups excluding carboxylic acids is 1. The molecule has 7 nitrogen and oxygen atoms in total. The summed E-state index contributed by atoms with van der Waals surface area (Å²) in [6.07, 6.45) is 6.86. The van der Waals surface area contributed by atoms with Crippen LogP contribution in [0.2, 0.25) is 0 Å². The van der Waals surface area contributed by atoms with Crippen molar-refractivity contribution in [2.75, 3.05) is 19.6 Å². The van der Waals surface area contributed by atoms with E-state index >= 15 is 0 Å². The molecule has 4 aromatic rings. The predicted octanol–water partition coefficient (Wildman–Crippen LogP) is 3.88. The van der Waals surface area contributed by atoms with Gasteiger partial charge in [0, 0.05) is 36.6 Å². The lowest BCUT2D eigenvalue weighted by Crippen LogP contribution is -2.38. The minimum absolute atomic E-state index is 0.0450. The number of aromatic amines is 2. The number of thiocarbonyl (C=S) groups is 1. The number of fused-ring (bicyclic) bond motifs is 1. The largest absolute Gasteiger partial charge is 0.361 e. The highest BCUT2D eigenvalue weighted by molar-refractivity contribution is 7.80. The van der Waals surface area contributed by atoms with Crippen LogP contribution < -0.4 is 5.73 Å². The summed E-state index contributed by atoms with van der Waals surface area (Å²) in [5.41, 5.74) is 10.0. The van der Waals surface area contributed by atoms with Crippen LogP contribution in [0.3, 0.4) is 0 Å². The van der Waals surface area contributed by atoms with Crippen LogP contribution in [0, 0.1) is 0 Å². The number of nitrogens with one attached hydrogen (secondary N) is 2. The van der Waals surface area contributed by atoms with Gasteiger partial charge in [-0.1, -0.05) is 48.5 Å². The molecule has 1 fully saturated rings. The van der Waals surface area contributed by atoms with Crippen molar-refractivity contribution in [3.8, 4) is 11.3 Å². The number of hydrogen-bond acceptors (Lipinski definition) is 4. The van der Waals surface area contributed by atoms with Gasteiger partial charge in [-0.25, -0.2) is 4.98 Å². The van der Waals surface area contributed by atoms with Gasteiger partial charge >= 0.3 is 0 Å². The Hall–Kier alpha value is -3.49. The fourth-order valence-corrected chi connectivity index (χ4v) is 5.16. The smallest absolute Gasteiger partial charge is 0.251 e. The molecule has 0 saturated carbocycles. The van der Waals surface area contributed by atoms with Gasteiger partial charge in [-0.15, -0.1) is 0 Å². The van der Waals surface area contributed by atoms with Crippen LogP contribution in [0.5, 0.6) is 0 Å². The van der Waals surface area contributed by atoms with E-state index in [4.69, 9.17) is 18.0 Å². The highest BCUT2D eigenvalue weighted by atomic mass is 32.1. The maximum absolute atomic E-state index is 13.5. The number of benzene rings is 2. The van der Waals surface area contributed by atoms with E-state index in [2.05, 4.69) is 38.2 Å². The SMILES string of the molecule is NCCCCN1C(=O)C(Cc2ncc(-c3ccccc3)[nH]2)N(CCc2c[nH]c3ccccc23)C1=S. The molecular formula is C27H30N6OS. The van der Waals surface area contributed by atoms with Crippen molar-refractivity contribution in [3.05, 3.63) is 78.4 Å². The van der Waals surface area contributed by atoms with Crippen LogP contribution in [-0.4, -0.2) is 61.4 Å². The molecule has 1 unspecified atom stereocenters. The van der Waals surface area contributed by atoms with Crippen LogP contribution in [-0.2, 0) is 17.6 Å². The molecule has 0 aliphatic carbocycles. The zero-order chi connectivity index (χ0) is 24.2. The predicted molar refractivity (Wildman–Crippen MR) is 143 cm³/mol. The summed E-state index contributed by atoms with van der Waals surface area (Å²) in [4.78, 5) is 28.6. The number of carbonyl (C=O) groups is 1. The molecule has 35 heavy (non-hydrogen) atoms. The molecule has 0 bridgehead atoms. The molecule has 1 amide bonds. The fourth-order valence-electron chi connectivity index (χ4n) is 4.76. The third kappa shape index (κ3) is 4.85. The highest BCUT2D eigenvalue weighted by Crippen LogP contribution is 2.25. The van der Waals surface area contributed by atoms with E-state index in [-0.39, 0.29) is 11.9 Å². The lowest BCUT2D eigenvalue weighted by molar-refractivity contribution is -0.128. The number of hydrogen-bond donors (Lipinski definition) is 3. The molecule has 0 radical (unpaired) electrons. The molecule has 180 valence electrons. The number of H-pyrrole nitrogens is 2. The Balaban J connectivity index is 1.36. The first-order valence-corrected chi connectivity index (χ1v) is 12.5. The van der Waals surface area contributed by atoms with Gasteiger partial charge in [0.1, 0.15) is 11.9 Å². The third-order valence-electron chi connectivity index (χ3n) is 6.64. The summed E-state index contributed by atoms with van der Waals surface area (Å²) >= 11 is 5.82. The summed E-state index contributed by atoms with van der Waals surface area (Å²) < 4.78 is 0. The molecule has 3 heterocycles. The Labute approximate surface area is 210 Å². The normalized spacial score (nSPS) is 16.1. The van der Waals surface area contributed by atoms with Gasteiger partial charge in [-0.2, -0.15) is 0 Å². The number of rotatable bonds is 10. The standard InChI is InChI=1S/C27H30N6OS/c28-13-6-7-14-33-26(34)24(16-25-30-18-23(31-25)19-8-2-1-3-9-19)32(27(33)35)15-12-20-17-29-22-11-5-4-10-21(20)22/h1-5,8-11,17-18,24,29H,6-7,12-16,28H2,(H,30,31). The molecule has 0 spiro atoms. The summed E-state index contributed by atoms with van der Waals surface area (Å²) in [5, 5.41) is 1.81. The average molecular weight is 487 g/mol. The monoisotopic (exact) mass is 486 g/mol. The molecular weight excluding hydrogens is 456 g/mol. The van der Waals surface area contributed by atoms with E-state index in [1.807, 2.05) is 48.7 Å². The molecule has 1 aliphatic rings. The minimum Gasteiger partial charge on any atom is -0.361 e. The van der Waals surface area contributed by atoms with Crippen molar-refractivity contribution in [2.45, 2.75) is 31.7 Å². The maximum atomic E-state index is 13.5. The zero-order valence-corrected chi connectivity index (χ0v) is 20.4. The number of nitrogens with zero attached hydrogens (tertiary/aromatic N) is 3. The molecule has 5 rings (SSSR count). The van der Waals surface area contributed by atoms with Crippen LogP contribution in [0.1, 0.15) is 24.2 Å². The summed E-state index contributed by atoms with van der Waals surface area (Å²) in [5.74, 6) is 0.828. The third-order valence-corrected chi connectivity index (χ3v) is 7.09. The van der Waals surface area contributed by atoms with Gasteiger partial charge < -0.3 is 20.6 Å². The van der Waals surface area contributed by atoms with Gasteiger partial charge in [0.15, 0.2) is 5.11 Å². The first kappa shape index (κ1) is 23.3. The van der Waals surface area contributed by atoms with E-state index in [0.29, 0.717) is 31.2 Å². The quantitative estimate of drug-likeness (QED) is 0.234. The zero-order valence-electron chi connectivity index (χ0n) is 19.6. The lowest BCUT2D eigenvalue weighted by atomic mass is 10.1. The molecule has 1 saturated heterocycles. The van der Waals surface area contributed by atoms with Crippen molar-refractivity contribution in [1.29, 1.82) is 0 Å². The molecule has 1 atom stereocenters. The molecule has 2 aromatic heterocycles. The molecule has 4 N–H and O–H groups in total. The maximum Gasteiger partial charge on any atom is 0.251 e. The van der Waals surface area contributed by atoms with Gasteiger partial charge in [0.2, 0.25) is 0 Å². The molecule has 2 aromatic carbocycles. The van der Waals surface area contributed by atoms with Crippen molar-refractivity contribution in [3.63, 3.8) is 0 Å². The first-order valence-electron chi connectivity index (χ1n) is 12.1. The fraction of sp³-hybridized carbons (Fsp3) is 0.296. The van der Waals surface area contributed by atoms with Crippen molar-refractivity contribution < 1.29 is 4.79 Å². The summed E-state index contributed by atoms with van der Waals surface area (Å²) in [7, 11) is 0. The van der Waals surface area contributed by atoms with Crippen molar-refractivity contribution >= 4 is 34.1 Å². The minimum atomic E-state index is -0.375. The van der Waals surface area contributed by atoms with Gasteiger partial charge in [-0.3, -0.25) is 9.69 Å². The second-order valence-electron chi connectivity index (χ2n) is 8.90. The first-order chi connectivity index (χ1) is 17.2. The van der Waals surface area contributed by atoms with E-state index < -0.39 is 0 Å². The second kappa shape index (κ2) is 10.4. The Morgan fingerprint density at radius 2 is 1.83 bits per heavy atom. The highest BCUT2D eigenvalue weighted by Gasteiger charge is 2.42. The number of imidazole rings is 1. The van der Waals surface area contributed by atoms with Crippen molar-refractivity contribution in [2.24, 2.45) is 5.73 Å². The Morgan fingerprint density at radius 3 is 2.66 bits per heavy atom. The van der Waals surface area contributed by atoms with Gasteiger partial charge in [-0.05, 0) is 55.2 Å². The Bertz CT molecular complexity index is 1310. The van der Waals surface area contributed by atoms with Crippen LogP contribution >= 0.6 is 12.2 Å². The van der Waals surface area contributed by atoms with Crippen LogP contribution in [0.15, 0.2) is 67.0 Å². The number of unbranched alkanes of at least 4 members (excludes halogenated alkanes) is 1. The van der Waals surface area contributed by atoms with E-state index in [9.17, 15) is 4.79 Å². The topological polar surface area (TPSA) is 94.0 Å². The van der Waals surface area contributed by atoms with Crippen molar-refractivity contribution in [1.82, 2.24) is 24.8 Å². The van der Waals surface area contributed by atoms with Gasteiger partial charge in [0.05, 0.1) is 11.9 Å². The lowest BCUT2D eigenvalue weighted by Gasteiger charge is -2.23. The van der Waals surface area contributed by atoms with Gasteiger partial charge in [0.25, 0.3) is 5.91 Å². The average Bonchev–Trinajstić information content (AvgIpc) is 3.58. The van der Waals surface area contributed by atoms with Crippen LogP contribution in [0.25, 0.3) is 22.2 Å². The summed E-state index contributed by atoms with van der Waals surface area (Å²) in [6, 6.07) is 18.0. The van der Waals surface area contributed by atoms with E-state index in [1.165, 1.54) is 10.9 Å². The number of aromatic nitrogens is 3. The van der Waals surface area contributed by atoms with Crippen LogP contribution in [0.4, 0.5) is 0 Å². The van der Waals surface area contributed by atoms with E-state index in [1.54, 1.807) is 4.90 Å². The van der Waals surface area contributed by atoms with E-state index in [0.717, 1.165) is 41.9 Å². The number of nitrogens with two attached hydrogens (primary N) is 1. The number of para-hydroxylation sites is 1. The Kier molecular flexibility index (Phi) is 6.92. The summed E-state index contributed by atoms with van der Waals surface area (Å²) in [6.45, 7) is 1.87.